The van der Waals surface area contributed by atoms with E-state index in [1.54, 1.807) is 0 Å². The van der Waals surface area contributed by atoms with Gasteiger partial charge in [-0.2, -0.15) is 13.2 Å². The molecule has 4 nitrogen and oxygen atoms in total. The second-order valence-electron chi connectivity index (χ2n) is 6.71. The highest BCUT2D eigenvalue weighted by atomic mass is 19.4. The third kappa shape index (κ3) is 4.52. The number of rotatable bonds is 4. The van der Waals surface area contributed by atoms with Gasteiger partial charge < -0.3 is 15.0 Å². The van der Waals surface area contributed by atoms with Crippen LogP contribution in [-0.4, -0.2) is 48.3 Å². The second kappa shape index (κ2) is 7.74. The van der Waals surface area contributed by atoms with E-state index < -0.39 is 24.2 Å². The number of piperidine rings is 1. The predicted molar refractivity (Wildman–Crippen MR) is 86.8 cm³/mol. The zero-order valence-corrected chi connectivity index (χ0v) is 14.0. The van der Waals surface area contributed by atoms with Crippen LogP contribution in [0.3, 0.4) is 0 Å². The Bertz CT molecular complexity index is 573. The van der Waals surface area contributed by atoms with Crippen LogP contribution >= 0.6 is 0 Å². The number of hydrogen-bond donors (Lipinski definition) is 1. The van der Waals surface area contributed by atoms with Crippen LogP contribution in [0.25, 0.3) is 0 Å². The van der Waals surface area contributed by atoms with Gasteiger partial charge in [-0.05, 0) is 24.8 Å². The topological polar surface area (TPSA) is 41.6 Å². The molecule has 2 aliphatic heterocycles. The maximum atomic E-state index is 13.6. The van der Waals surface area contributed by atoms with E-state index in [0.717, 1.165) is 10.5 Å². The molecule has 0 radical (unpaired) electrons. The molecular formula is C18H23F3N2O2. The molecule has 0 aromatic heterocycles. The number of benzene rings is 1. The molecule has 7 heteroatoms. The molecule has 2 saturated heterocycles. The number of carbonyl (C=O) groups is 1. The minimum atomic E-state index is -4.42. The van der Waals surface area contributed by atoms with Gasteiger partial charge in [0, 0.05) is 38.3 Å². The summed E-state index contributed by atoms with van der Waals surface area (Å²) in [5.41, 5.74) is 0.991. The van der Waals surface area contributed by atoms with E-state index in [4.69, 9.17) is 4.74 Å². The molecule has 1 aromatic rings. The molecule has 3 rings (SSSR count). The van der Waals surface area contributed by atoms with Crippen LogP contribution in [0.5, 0.6) is 0 Å². The Balaban J connectivity index is 1.68. The summed E-state index contributed by atoms with van der Waals surface area (Å²) in [6.45, 7) is 1.28. The van der Waals surface area contributed by atoms with Crippen LogP contribution < -0.4 is 5.32 Å². The van der Waals surface area contributed by atoms with Gasteiger partial charge in [0.2, 0.25) is 5.91 Å². The van der Waals surface area contributed by atoms with Gasteiger partial charge in [-0.3, -0.25) is 4.79 Å². The molecule has 2 fully saturated rings. The number of halogens is 3. The fourth-order valence-electron chi connectivity index (χ4n) is 3.68. The van der Waals surface area contributed by atoms with Gasteiger partial charge in [-0.15, -0.1) is 0 Å². The minimum absolute atomic E-state index is 0.0978. The lowest BCUT2D eigenvalue weighted by molar-refractivity contribution is -0.207. The second-order valence-corrected chi connectivity index (χ2v) is 6.71. The number of amides is 1. The van der Waals surface area contributed by atoms with Crippen molar-refractivity contribution >= 4 is 5.91 Å². The molecule has 138 valence electrons. The molecule has 1 N–H and O–H groups in total. The average Bonchev–Trinajstić information content (AvgIpc) is 2.60. The number of nitrogens with one attached hydrogen (secondary N) is 1. The van der Waals surface area contributed by atoms with Crippen LogP contribution in [0.4, 0.5) is 13.2 Å². The van der Waals surface area contributed by atoms with Crippen molar-refractivity contribution in [3.05, 3.63) is 35.9 Å². The van der Waals surface area contributed by atoms with E-state index in [2.05, 4.69) is 5.32 Å². The monoisotopic (exact) mass is 356 g/mol. The number of nitrogens with zero attached hydrogens (tertiary/aromatic N) is 1. The molecule has 0 aliphatic carbocycles. The van der Waals surface area contributed by atoms with Gasteiger partial charge in [0.15, 0.2) is 0 Å². The first-order valence-corrected chi connectivity index (χ1v) is 8.68. The fraction of sp³-hybridized carbons (Fsp3) is 0.611. The number of ether oxygens (including phenoxy) is 1. The zero-order chi connectivity index (χ0) is 17.9. The van der Waals surface area contributed by atoms with Gasteiger partial charge in [0.1, 0.15) is 6.04 Å². The number of likely N-dealkylation sites (tertiary alicyclic amines) is 1. The molecular weight excluding hydrogens is 333 g/mol. The molecule has 0 spiro atoms. The van der Waals surface area contributed by atoms with E-state index in [-0.39, 0.29) is 18.9 Å². The molecule has 1 aromatic carbocycles. The number of hydrogen-bond acceptors (Lipinski definition) is 3. The van der Waals surface area contributed by atoms with Crippen molar-refractivity contribution in [1.82, 2.24) is 10.2 Å². The quantitative estimate of drug-likeness (QED) is 0.902. The lowest BCUT2D eigenvalue weighted by Crippen LogP contribution is -2.61. The van der Waals surface area contributed by atoms with Gasteiger partial charge in [0.25, 0.3) is 0 Å². The number of carbonyl (C=O) groups excluding carboxylic acids is 1. The molecule has 2 atom stereocenters. The maximum absolute atomic E-state index is 13.6. The molecule has 1 amide bonds. The van der Waals surface area contributed by atoms with Crippen molar-refractivity contribution in [3.63, 3.8) is 0 Å². The highest BCUT2D eigenvalue weighted by Gasteiger charge is 2.51. The SMILES string of the molecule is O=C1CC(NCc2ccccc2)CC(C(F)(F)F)N1C1CCOCC1. The molecule has 0 saturated carbocycles. The predicted octanol–water partition coefficient (Wildman–Crippen LogP) is 2.88. The largest absolute Gasteiger partial charge is 0.408 e. The van der Waals surface area contributed by atoms with Gasteiger partial charge >= 0.3 is 6.18 Å². The van der Waals surface area contributed by atoms with Gasteiger partial charge in [0.05, 0.1) is 0 Å². The molecule has 2 unspecified atom stereocenters. The average molecular weight is 356 g/mol. The van der Waals surface area contributed by atoms with Crippen LogP contribution in [0.15, 0.2) is 30.3 Å². The van der Waals surface area contributed by atoms with E-state index in [9.17, 15) is 18.0 Å². The maximum Gasteiger partial charge on any atom is 0.408 e. The first kappa shape index (κ1) is 18.2. The Morgan fingerprint density at radius 3 is 2.48 bits per heavy atom. The van der Waals surface area contributed by atoms with Gasteiger partial charge in [-0.1, -0.05) is 30.3 Å². The smallest absolute Gasteiger partial charge is 0.381 e. The van der Waals surface area contributed by atoms with E-state index in [0.29, 0.717) is 32.6 Å². The first-order valence-electron chi connectivity index (χ1n) is 8.68. The Morgan fingerprint density at radius 1 is 1.16 bits per heavy atom. The summed E-state index contributed by atoms with van der Waals surface area (Å²) >= 11 is 0. The van der Waals surface area contributed by atoms with Crippen LogP contribution in [-0.2, 0) is 16.1 Å². The summed E-state index contributed by atoms with van der Waals surface area (Å²) in [5, 5.41) is 3.12. The third-order valence-electron chi connectivity index (χ3n) is 4.95. The minimum Gasteiger partial charge on any atom is -0.381 e. The molecule has 25 heavy (non-hydrogen) atoms. The molecule has 2 heterocycles. The summed E-state index contributed by atoms with van der Waals surface area (Å²) in [6.07, 6.45) is -3.46. The fourth-order valence-corrected chi connectivity index (χ4v) is 3.68. The Morgan fingerprint density at radius 2 is 1.84 bits per heavy atom. The van der Waals surface area contributed by atoms with Crippen LogP contribution in [0.1, 0.15) is 31.2 Å². The van der Waals surface area contributed by atoms with Crippen molar-refractivity contribution in [2.24, 2.45) is 0 Å². The summed E-state index contributed by atoms with van der Waals surface area (Å²) in [5.74, 6) is -0.411. The lowest BCUT2D eigenvalue weighted by Gasteiger charge is -2.45. The summed E-state index contributed by atoms with van der Waals surface area (Å²) in [7, 11) is 0. The number of alkyl halides is 3. The zero-order valence-electron chi connectivity index (χ0n) is 14.0. The van der Waals surface area contributed by atoms with Gasteiger partial charge in [-0.25, -0.2) is 0 Å². The van der Waals surface area contributed by atoms with Crippen molar-refractivity contribution in [3.8, 4) is 0 Å². The first-order chi connectivity index (χ1) is 11.9. The van der Waals surface area contributed by atoms with Crippen molar-refractivity contribution in [2.75, 3.05) is 13.2 Å². The Labute approximate surface area is 145 Å². The van der Waals surface area contributed by atoms with Crippen LogP contribution in [0.2, 0.25) is 0 Å². The summed E-state index contributed by atoms with van der Waals surface area (Å²) < 4.78 is 46.0. The highest BCUT2D eigenvalue weighted by molar-refractivity contribution is 5.78. The summed E-state index contributed by atoms with van der Waals surface area (Å²) in [4.78, 5) is 13.6. The third-order valence-corrected chi connectivity index (χ3v) is 4.95. The normalized spacial score (nSPS) is 26.0. The standard InChI is InChI=1S/C18H23F3N2O2/c19-18(20,21)16-10-14(22-12-13-4-2-1-3-5-13)11-17(24)23(16)15-6-8-25-9-7-15/h1-5,14-16,22H,6-12H2. The van der Waals surface area contributed by atoms with E-state index in [1.807, 2.05) is 30.3 Å². The van der Waals surface area contributed by atoms with Crippen molar-refractivity contribution in [2.45, 2.75) is 56.5 Å². The lowest BCUT2D eigenvalue weighted by atomic mass is 9.92. The van der Waals surface area contributed by atoms with E-state index >= 15 is 0 Å². The van der Waals surface area contributed by atoms with E-state index in [1.165, 1.54) is 0 Å². The van der Waals surface area contributed by atoms with Crippen molar-refractivity contribution in [1.29, 1.82) is 0 Å². The Hall–Kier alpha value is -1.60. The Kier molecular flexibility index (Phi) is 5.64. The molecule has 0 bridgehead atoms. The summed E-state index contributed by atoms with van der Waals surface area (Å²) in [6, 6.07) is 6.92. The van der Waals surface area contributed by atoms with Crippen molar-refractivity contribution < 1.29 is 22.7 Å². The molecule has 2 aliphatic rings. The highest BCUT2D eigenvalue weighted by Crippen LogP contribution is 2.35. The van der Waals surface area contributed by atoms with Crippen LogP contribution in [0, 0.1) is 0 Å².